The van der Waals surface area contributed by atoms with Crippen molar-refractivity contribution in [3.63, 3.8) is 0 Å². The molecule has 0 saturated heterocycles. The number of thiocarbonyl (C=S) groups is 2. The molecular formula is C3H8N2O2S2Te. The van der Waals surface area contributed by atoms with E-state index in [9.17, 15) is 0 Å². The second-order valence-corrected chi connectivity index (χ2v) is 1.70. The van der Waals surface area contributed by atoms with E-state index in [2.05, 4.69) is 35.5 Å². The van der Waals surface area contributed by atoms with Gasteiger partial charge in [0.15, 0.2) is 0 Å². The van der Waals surface area contributed by atoms with Gasteiger partial charge in [-0.15, -0.1) is 0 Å². The van der Waals surface area contributed by atoms with Crippen LogP contribution in [0.4, 0.5) is 0 Å². The van der Waals surface area contributed by atoms with Gasteiger partial charge in [-0.3, -0.25) is 0 Å². The van der Waals surface area contributed by atoms with Crippen molar-refractivity contribution >= 4 is 58.5 Å². The third-order valence-corrected chi connectivity index (χ3v) is 0.418. The first-order valence-corrected chi connectivity index (χ1v) is 2.71. The minimum absolute atomic E-state index is 0. The molecule has 0 amide bonds. The smallest absolute Gasteiger partial charge is 0.253 e. The molecule has 0 heterocycles. The summed E-state index contributed by atoms with van der Waals surface area (Å²) >= 11 is 8.01. The van der Waals surface area contributed by atoms with Crippen LogP contribution >= 0.6 is 24.4 Å². The standard InChI is InChI=1S/C2H5NOS.CH3NOS.Te/c1-3-2(4)5;2-1(3)4;/h1H3,(H2,3,4,5);(H3,2,3,4);. The SMILES string of the molecule is CNC(O)=S.NC(O)=S.[Te]. The van der Waals surface area contributed by atoms with Gasteiger partial charge >= 0.3 is 0 Å². The largest absolute Gasteiger partial charge is 0.487 e. The molecule has 0 aromatic carbocycles. The summed E-state index contributed by atoms with van der Waals surface area (Å²) in [5, 5.41) is 17.2. The molecule has 0 saturated carbocycles. The van der Waals surface area contributed by atoms with Crippen molar-refractivity contribution < 1.29 is 10.2 Å². The van der Waals surface area contributed by atoms with E-state index < -0.39 is 5.17 Å². The summed E-state index contributed by atoms with van der Waals surface area (Å²) in [5.41, 5.74) is 4.40. The van der Waals surface area contributed by atoms with Gasteiger partial charge in [-0.1, -0.05) is 0 Å². The van der Waals surface area contributed by atoms with Gasteiger partial charge in [0.05, 0.1) is 0 Å². The van der Waals surface area contributed by atoms with Crippen molar-refractivity contribution in [3.8, 4) is 0 Å². The summed E-state index contributed by atoms with van der Waals surface area (Å²) in [6, 6.07) is 0. The fourth-order valence-electron chi connectivity index (χ4n) is 0. The summed E-state index contributed by atoms with van der Waals surface area (Å²) < 4.78 is 0. The minimum atomic E-state index is -0.500. The van der Waals surface area contributed by atoms with E-state index in [4.69, 9.17) is 10.2 Å². The summed E-state index contributed by atoms with van der Waals surface area (Å²) in [6.07, 6.45) is 0. The molecular weight excluding hydrogens is 288 g/mol. The number of nitrogens with two attached hydrogens (primary N) is 1. The van der Waals surface area contributed by atoms with Gasteiger partial charge in [-0.25, -0.2) is 0 Å². The molecule has 0 aliphatic heterocycles. The maximum absolute atomic E-state index is 7.98. The molecule has 5 N–H and O–H groups in total. The van der Waals surface area contributed by atoms with Gasteiger partial charge in [-0.05, 0) is 24.4 Å². The molecule has 2 radical (unpaired) electrons. The fraction of sp³-hybridized carbons (Fsp3) is 0.333. The molecule has 4 nitrogen and oxygen atoms in total. The molecule has 0 unspecified atom stereocenters. The number of rotatable bonds is 0. The Morgan fingerprint density at radius 3 is 1.50 bits per heavy atom. The predicted octanol–water partition coefficient (Wildman–Crippen LogP) is -0.544. The van der Waals surface area contributed by atoms with Crippen LogP contribution < -0.4 is 11.1 Å². The van der Waals surface area contributed by atoms with Crippen LogP contribution in [0.1, 0.15) is 0 Å². The second kappa shape index (κ2) is 11.9. The average molecular weight is 296 g/mol. The van der Waals surface area contributed by atoms with Crippen LogP contribution in [0.15, 0.2) is 0 Å². The molecule has 0 spiro atoms. The Kier molecular flexibility index (Phi) is 19.8. The van der Waals surface area contributed by atoms with Crippen LogP contribution in [-0.2, 0) is 0 Å². The summed E-state index contributed by atoms with van der Waals surface area (Å²) in [5.74, 6) is 0. The molecule has 0 aliphatic carbocycles. The number of hydrogen-bond donors (Lipinski definition) is 4. The molecule has 10 heavy (non-hydrogen) atoms. The van der Waals surface area contributed by atoms with E-state index in [0.29, 0.717) is 0 Å². The number of aliphatic hydroxyl groups is 2. The van der Waals surface area contributed by atoms with Crippen molar-refractivity contribution in [2.45, 2.75) is 0 Å². The van der Waals surface area contributed by atoms with Gasteiger partial charge in [0.2, 0.25) is 0 Å². The zero-order valence-corrected chi connectivity index (χ0v) is 9.16. The molecule has 0 aromatic rings. The Morgan fingerprint density at radius 2 is 1.50 bits per heavy atom. The average Bonchev–Trinajstić information content (AvgIpc) is 1.65. The maximum Gasteiger partial charge on any atom is 0.253 e. The molecule has 0 aromatic heterocycles. The Labute approximate surface area is 86.5 Å². The molecule has 0 atom stereocenters. The van der Waals surface area contributed by atoms with E-state index in [-0.39, 0.29) is 28.8 Å². The molecule has 0 fully saturated rings. The number of aliphatic hydroxyl groups excluding tert-OH is 2. The Bertz CT molecular complexity index is 107. The van der Waals surface area contributed by atoms with E-state index >= 15 is 0 Å². The fourth-order valence-corrected chi connectivity index (χ4v) is 0. The summed E-state index contributed by atoms with van der Waals surface area (Å²) in [4.78, 5) is 0. The summed E-state index contributed by atoms with van der Waals surface area (Å²) in [7, 11) is 1.56. The predicted molar refractivity (Wildman–Crippen MR) is 49.5 cm³/mol. The maximum atomic E-state index is 7.98. The third kappa shape index (κ3) is 89.2. The second-order valence-electron chi connectivity index (χ2n) is 0.893. The van der Waals surface area contributed by atoms with Crippen molar-refractivity contribution in [1.82, 2.24) is 5.32 Å². The van der Waals surface area contributed by atoms with E-state index in [1.54, 1.807) is 7.05 Å². The first kappa shape index (κ1) is 16.6. The van der Waals surface area contributed by atoms with E-state index in [1.165, 1.54) is 0 Å². The summed E-state index contributed by atoms with van der Waals surface area (Å²) in [6.45, 7) is 0. The molecule has 0 bridgehead atoms. The number of hydrogen-bond acceptors (Lipinski definition) is 2. The molecule has 60 valence electrons. The van der Waals surface area contributed by atoms with Gasteiger partial charge in [0.25, 0.3) is 10.3 Å². The van der Waals surface area contributed by atoms with E-state index in [1.807, 2.05) is 0 Å². The van der Waals surface area contributed by atoms with Crippen molar-refractivity contribution in [1.29, 1.82) is 0 Å². The van der Waals surface area contributed by atoms with Crippen LogP contribution in [0.2, 0.25) is 0 Å². The minimum Gasteiger partial charge on any atom is -0.487 e. The molecule has 7 heteroatoms. The van der Waals surface area contributed by atoms with Crippen LogP contribution in [0.25, 0.3) is 0 Å². The first-order chi connectivity index (χ1) is 4.00. The van der Waals surface area contributed by atoms with Crippen molar-refractivity contribution in [2.24, 2.45) is 5.73 Å². The van der Waals surface area contributed by atoms with Gasteiger partial charge in [-0.2, -0.15) is 0 Å². The first-order valence-electron chi connectivity index (χ1n) is 1.89. The zero-order chi connectivity index (χ0) is 7.86. The third-order valence-electron chi connectivity index (χ3n) is 0.214. The van der Waals surface area contributed by atoms with Crippen LogP contribution in [0.5, 0.6) is 0 Å². The van der Waals surface area contributed by atoms with Gasteiger partial charge < -0.3 is 21.3 Å². The topological polar surface area (TPSA) is 78.5 Å². The Hall–Kier alpha value is 0.170. The molecule has 0 rings (SSSR count). The van der Waals surface area contributed by atoms with Gasteiger partial charge in [0.1, 0.15) is 0 Å². The van der Waals surface area contributed by atoms with Crippen molar-refractivity contribution in [3.05, 3.63) is 0 Å². The number of nitrogens with one attached hydrogen (secondary N) is 1. The Balaban J connectivity index is -0.0000000910. The van der Waals surface area contributed by atoms with Gasteiger partial charge in [0, 0.05) is 30.7 Å². The molecule has 0 aliphatic rings. The monoisotopic (exact) mass is 298 g/mol. The zero-order valence-electron chi connectivity index (χ0n) is 5.20. The van der Waals surface area contributed by atoms with Crippen LogP contribution in [-0.4, -0.2) is 51.3 Å². The quantitative estimate of drug-likeness (QED) is 0.355. The van der Waals surface area contributed by atoms with Crippen molar-refractivity contribution in [2.75, 3.05) is 7.05 Å². The van der Waals surface area contributed by atoms with E-state index in [0.717, 1.165) is 0 Å². The van der Waals surface area contributed by atoms with Crippen LogP contribution in [0.3, 0.4) is 0 Å². The Morgan fingerprint density at radius 1 is 1.40 bits per heavy atom. The normalized spacial score (nSPS) is 5.70. The van der Waals surface area contributed by atoms with Crippen LogP contribution in [0, 0.1) is 0 Å².